The standard InChI is InChI=1S/C14H18FNO3S/c1-10(2)14(17)11-5-6-12(15)13(9-11)20(18,19)16-7-3-4-8-16/h5-6,9-10H,3-4,7-8H2,1-2H3. The number of ketones is 1. The van der Waals surface area contributed by atoms with E-state index in [9.17, 15) is 17.6 Å². The molecule has 0 N–H and O–H groups in total. The van der Waals surface area contributed by atoms with E-state index >= 15 is 0 Å². The van der Waals surface area contributed by atoms with Crippen LogP contribution in [0.1, 0.15) is 37.0 Å². The van der Waals surface area contributed by atoms with Crippen molar-refractivity contribution >= 4 is 15.8 Å². The number of sulfonamides is 1. The Hall–Kier alpha value is -1.27. The summed E-state index contributed by atoms with van der Waals surface area (Å²) >= 11 is 0. The molecule has 0 amide bonds. The molecule has 1 heterocycles. The van der Waals surface area contributed by atoms with E-state index in [1.54, 1.807) is 13.8 Å². The largest absolute Gasteiger partial charge is 0.294 e. The topological polar surface area (TPSA) is 54.5 Å². The second-order valence-electron chi connectivity index (χ2n) is 5.28. The van der Waals surface area contributed by atoms with Crippen LogP contribution in [0.15, 0.2) is 23.1 Å². The summed E-state index contributed by atoms with van der Waals surface area (Å²) in [5, 5.41) is 0. The Kier molecular flexibility index (Phi) is 4.25. The van der Waals surface area contributed by atoms with Gasteiger partial charge in [0.15, 0.2) is 5.78 Å². The third-order valence-corrected chi connectivity index (χ3v) is 5.34. The number of hydrogen-bond acceptors (Lipinski definition) is 3. The predicted octanol–water partition coefficient (Wildman–Crippen LogP) is 2.45. The molecule has 4 nitrogen and oxygen atoms in total. The number of rotatable bonds is 4. The normalized spacial score (nSPS) is 16.8. The molecule has 1 aromatic rings. The second kappa shape index (κ2) is 5.61. The van der Waals surface area contributed by atoms with Crippen molar-refractivity contribution in [2.24, 2.45) is 5.92 Å². The molecule has 1 saturated heterocycles. The summed E-state index contributed by atoms with van der Waals surface area (Å²) in [6.07, 6.45) is 1.57. The molecule has 1 aromatic carbocycles. The number of Topliss-reactive ketones (excluding diaryl/α,β-unsaturated/α-hetero) is 1. The highest BCUT2D eigenvalue weighted by molar-refractivity contribution is 7.89. The van der Waals surface area contributed by atoms with Gasteiger partial charge in [0.25, 0.3) is 0 Å². The zero-order valence-electron chi connectivity index (χ0n) is 11.6. The summed E-state index contributed by atoms with van der Waals surface area (Å²) in [7, 11) is -3.84. The van der Waals surface area contributed by atoms with Crippen molar-refractivity contribution in [1.82, 2.24) is 4.31 Å². The van der Waals surface area contributed by atoms with Crippen molar-refractivity contribution in [2.45, 2.75) is 31.6 Å². The zero-order chi connectivity index (χ0) is 14.9. The molecule has 2 rings (SSSR count). The molecular weight excluding hydrogens is 281 g/mol. The molecule has 1 aliphatic heterocycles. The average Bonchev–Trinajstić information content (AvgIpc) is 2.92. The van der Waals surface area contributed by atoms with E-state index < -0.39 is 20.7 Å². The maximum Gasteiger partial charge on any atom is 0.246 e. The lowest BCUT2D eigenvalue weighted by Crippen LogP contribution is -2.28. The van der Waals surface area contributed by atoms with Gasteiger partial charge in [-0.15, -0.1) is 0 Å². The summed E-state index contributed by atoms with van der Waals surface area (Å²) in [5.41, 5.74) is 0.235. The van der Waals surface area contributed by atoms with Crippen LogP contribution in [0, 0.1) is 11.7 Å². The Morgan fingerprint density at radius 1 is 1.25 bits per heavy atom. The molecule has 0 bridgehead atoms. The van der Waals surface area contributed by atoms with Gasteiger partial charge >= 0.3 is 0 Å². The lowest BCUT2D eigenvalue weighted by molar-refractivity contribution is 0.0939. The van der Waals surface area contributed by atoms with Crippen LogP contribution in [0.3, 0.4) is 0 Å². The summed E-state index contributed by atoms with van der Waals surface area (Å²) in [6, 6.07) is 3.55. The van der Waals surface area contributed by atoms with Crippen LogP contribution < -0.4 is 0 Å². The van der Waals surface area contributed by atoms with Gasteiger partial charge in [0.05, 0.1) is 0 Å². The molecule has 0 atom stereocenters. The summed E-state index contributed by atoms with van der Waals surface area (Å²) in [4.78, 5) is 11.5. The molecule has 0 aliphatic carbocycles. The highest BCUT2D eigenvalue weighted by atomic mass is 32.2. The van der Waals surface area contributed by atoms with Crippen LogP contribution >= 0.6 is 0 Å². The predicted molar refractivity (Wildman–Crippen MR) is 73.6 cm³/mol. The zero-order valence-corrected chi connectivity index (χ0v) is 12.4. The van der Waals surface area contributed by atoms with Crippen LogP contribution in [0.2, 0.25) is 0 Å². The Labute approximate surface area is 118 Å². The fourth-order valence-corrected chi connectivity index (χ4v) is 3.86. The van der Waals surface area contributed by atoms with Gasteiger partial charge in [0.2, 0.25) is 10.0 Å². The quantitative estimate of drug-likeness (QED) is 0.802. The molecule has 1 aliphatic rings. The molecule has 0 aromatic heterocycles. The van der Waals surface area contributed by atoms with Crippen molar-refractivity contribution in [1.29, 1.82) is 0 Å². The van der Waals surface area contributed by atoms with Crippen molar-refractivity contribution in [3.8, 4) is 0 Å². The van der Waals surface area contributed by atoms with Gasteiger partial charge < -0.3 is 0 Å². The van der Waals surface area contributed by atoms with E-state index in [1.165, 1.54) is 10.4 Å². The van der Waals surface area contributed by atoms with Gasteiger partial charge in [-0.25, -0.2) is 12.8 Å². The minimum absolute atomic E-state index is 0.192. The average molecular weight is 299 g/mol. The van der Waals surface area contributed by atoms with Gasteiger partial charge in [0.1, 0.15) is 10.7 Å². The molecule has 6 heteroatoms. The highest BCUT2D eigenvalue weighted by Crippen LogP contribution is 2.25. The van der Waals surface area contributed by atoms with Crippen LogP contribution in [0.4, 0.5) is 4.39 Å². The van der Waals surface area contributed by atoms with Crippen molar-refractivity contribution < 1.29 is 17.6 Å². The Morgan fingerprint density at radius 3 is 2.40 bits per heavy atom. The smallest absolute Gasteiger partial charge is 0.246 e. The maximum atomic E-state index is 13.9. The maximum absolute atomic E-state index is 13.9. The molecule has 0 spiro atoms. The molecule has 0 unspecified atom stereocenters. The third-order valence-electron chi connectivity index (χ3n) is 3.42. The third kappa shape index (κ3) is 2.76. The van der Waals surface area contributed by atoms with E-state index in [1.807, 2.05) is 0 Å². The minimum atomic E-state index is -3.84. The summed E-state index contributed by atoms with van der Waals surface area (Å²) in [6.45, 7) is 4.26. The molecule has 0 saturated carbocycles. The van der Waals surface area contributed by atoms with Gasteiger partial charge in [0, 0.05) is 24.6 Å². The number of nitrogens with zero attached hydrogens (tertiary/aromatic N) is 1. The van der Waals surface area contributed by atoms with Crippen LogP contribution in [-0.2, 0) is 10.0 Å². The molecule has 1 fully saturated rings. The van der Waals surface area contributed by atoms with E-state index in [-0.39, 0.29) is 17.3 Å². The summed E-state index contributed by atoms with van der Waals surface area (Å²) < 4.78 is 39.9. The molecular formula is C14H18FNO3S. The summed E-state index contributed by atoms with van der Waals surface area (Å²) in [5.74, 6) is -1.26. The molecule has 0 radical (unpaired) electrons. The lowest BCUT2D eigenvalue weighted by Gasteiger charge is -2.16. The van der Waals surface area contributed by atoms with Crippen molar-refractivity contribution in [2.75, 3.05) is 13.1 Å². The van der Waals surface area contributed by atoms with Crippen LogP contribution in [-0.4, -0.2) is 31.6 Å². The molecule has 20 heavy (non-hydrogen) atoms. The van der Waals surface area contributed by atoms with Crippen LogP contribution in [0.5, 0.6) is 0 Å². The molecule has 110 valence electrons. The highest BCUT2D eigenvalue weighted by Gasteiger charge is 2.30. The number of halogens is 1. The van der Waals surface area contributed by atoms with Gasteiger partial charge in [-0.1, -0.05) is 13.8 Å². The Balaban J connectivity index is 2.45. The van der Waals surface area contributed by atoms with E-state index in [0.717, 1.165) is 25.0 Å². The Bertz CT molecular complexity index is 619. The minimum Gasteiger partial charge on any atom is -0.294 e. The lowest BCUT2D eigenvalue weighted by atomic mass is 10.0. The number of carbonyl (C=O) groups is 1. The first kappa shape index (κ1) is 15.1. The first-order valence-electron chi connectivity index (χ1n) is 6.68. The SMILES string of the molecule is CC(C)C(=O)c1ccc(F)c(S(=O)(=O)N2CCCC2)c1. The first-order valence-corrected chi connectivity index (χ1v) is 8.12. The fourth-order valence-electron chi connectivity index (χ4n) is 2.26. The fraction of sp³-hybridized carbons (Fsp3) is 0.500. The van der Waals surface area contributed by atoms with Crippen LogP contribution in [0.25, 0.3) is 0 Å². The van der Waals surface area contributed by atoms with E-state index in [2.05, 4.69) is 0 Å². The van der Waals surface area contributed by atoms with Crippen molar-refractivity contribution in [3.05, 3.63) is 29.6 Å². The van der Waals surface area contributed by atoms with E-state index in [4.69, 9.17) is 0 Å². The van der Waals surface area contributed by atoms with E-state index in [0.29, 0.717) is 13.1 Å². The van der Waals surface area contributed by atoms with Gasteiger partial charge in [-0.2, -0.15) is 4.31 Å². The number of benzene rings is 1. The van der Waals surface area contributed by atoms with Crippen molar-refractivity contribution in [3.63, 3.8) is 0 Å². The number of carbonyl (C=O) groups excluding carboxylic acids is 1. The van der Waals surface area contributed by atoms with Gasteiger partial charge in [-0.05, 0) is 31.0 Å². The number of hydrogen-bond donors (Lipinski definition) is 0. The monoisotopic (exact) mass is 299 g/mol. The first-order chi connectivity index (χ1) is 9.34. The second-order valence-corrected chi connectivity index (χ2v) is 7.18. The Morgan fingerprint density at radius 2 is 1.85 bits per heavy atom. The van der Waals surface area contributed by atoms with Gasteiger partial charge in [-0.3, -0.25) is 4.79 Å².